The van der Waals surface area contributed by atoms with Gasteiger partial charge in [0.2, 0.25) is 0 Å². The second kappa shape index (κ2) is 4.74. The van der Waals surface area contributed by atoms with Gasteiger partial charge in [0.05, 0.1) is 11.0 Å². The highest BCUT2D eigenvalue weighted by atomic mass is 15.0. The number of fused-ring (bicyclic) bond motifs is 3. The summed E-state index contributed by atoms with van der Waals surface area (Å²) in [6, 6.07) is 24.6. The number of nitrogens with two attached hydrogens (primary N) is 1. The summed E-state index contributed by atoms with van der Waals surface area (Å²) in [6.07, 6.45) is 0. The first-order valence-corrected chi connectivity index (χ1v) is 7.19. The van der Waals surface area contributed by atoms with Crippen LogP contribution in [0.3, 0.4) is 0 Å². The average molecular weight is 285 g/mol. The van der Waals surface area contributed by atoms with Crippen LogP contribution in [0.4, 0.5) is 0 Å². The summed E-state index contributed by atoms with van der Waals surface area (Å²) in [4.78, 5) is 0. The zero-order chi connectivity index (χ0) is 15.1. The van der Waals surface area contributed by atoms with Crippen molar-refractivity contribution in [2.75, 3.05) is 0 Å². The first kappa shape index (κ1) is 12.7. The lowest BCUT2D eigenvalue weighted by Crippen LogP contribution is -2.11. The van der Waals surface area contributed by atoms with Gasteiger partial charge >= 0.3 is 0 Å². The highest BCUT2D eigenvalue weighted by molar-refractivity contribution is 6.09. The summed E-state index contributed by atoms with van der Waals surface area (Å²) in [5, 5.41) is 10.1. The van der Waals surface area contributed by atoms with E-state index in [4.69, 9.17) is 11.1 Å². The molecule has 0 unspecified atom stereocenters. The molecule has 1 heterocycles. The Labute approximate surface area is 128 Å². The number of hydrogen-bond acceptors (Lipinski definition) is 1. The molecular weight excluding hydrogens is 270 g/mol. The third kappa shape index (κ3) is 1.79. The molecular formula is C19H15N3. The Kier molecular flexibility index (Phi) is 2.73. The molecule has 0 saturated heterocycles. The van der Waals surface area contributed by atoms with Gasteiger partial charge in [0.25, 0.3) is 0 Å². The second-order valence-corrected chi connectivity index (χ2v) is 5.33. The monoisotopic (exact) mass is 285 g/mol. The van der Waals surface area contributed by atoms with Crippen molar-refractivity contribution in [1.29, 1.82) is 5.41 Å². The molecule has 0 fully saturated rings. The summed E-state index contributed by atoms with van der Waals surface area (Å²) in [6.45, 7) is 0. The van der Waals surface area contributed by atoms with Gasteiger partial charge < -0.3 is 10.3 Å². The Balaban J connectivity index is 2.13. The Hall–Kier alpha value is -3.07. The van der Waals surface area contributed by atoms with Crippen LogP contribution >= 0.6 is 0 Å². The molecule has 0 spiro atoms. The molecule has 3 heteroatoms. The quantitative estimate of drug-likeness (QED) is 0.423. The van der Waals surface area contributed by atoms with Crippen LogP contribution in [-0.4, -0.2) is 10.4 Å². The molecule has 3 N–H and O–H groups in total. The summed E-state index contributed by atoms with van der Waals surface area (Å²) >= 11 is 0. The molecule has 0 bridgehead atoms. The summed E-state index contributed by atoms with van der Waals surface area (Å²) in [5.74, 6) is 0.0858. The van der Waals surface area contributed by atoms with Gasteiger partial charge in [0, 0.05) is 22.0 Å². The SMILES string of the molecule is N=C(N)c1cccc(-n2c3ccccc3c3ccccc32)c1. The van der Waals surface area contributed by atoms with E-state index in [0.29, 0.717) is 0 Å². The van der Waals surface area contributed by atoms with E-state index >= 15 is 0 Å². The number of nitrogens with zero attached hydrogens (tertiary/aromatic N) is 1. The number of nitrogen functional groups attached to an aromatic ring is 1. The molecule has 3 nitrogen and oxygen atoms in total. The fourth-order valence-electron chi connectivity index (χ4n) is 3.01. The molecule has 0 aliphatic rings. The topological polar surface area (TPSA) is 54.8 Å². The summed E-state index contributed by atoms with van der Waals surface area (Å²) in [5.41, 5.74) is 9.70. The first-order valence-electron chi connectivity index (χ1n) is 7.19. The predicted molar refractivity (Wildman–Crippen MR) is 91.8 cm³/mol. The average Bonchev–Trinajstić information content (AvgIpc) is 2.89. The van der Waals surface area contributed by atoms with Crippen molar-refractivity contribution in [3.63, 3.8) is 0 Å². The minimum atomic E-state index is 0.0858. The molecule has 4 aromatic rings. The zero-order valence-corrected chi connectivity index (χ0v) is 12.0. The fourth-order valence-corrected chi connectivity index (χ4v) is 3.01. The van der Waals surface area contributed by atoms with Gasteiger partial charge in [0.1, 0.15) is 5.84 Å². The van der Waals surface area contributed by atoms with Crippen LogP contribution in [0.2, 0.25) is 0 Å². The van der Waals surface area contributed by atoms with Crippen LogP contribution in [-0.2, 0) is 0 Å². The number of aromatic nitrogens is 1. The molecule has 0 atom stereocenters. The minimum absolute atomic E-state index is 0.0858. The van der Waals surface area contributed by atoms with Crippen molar-refractivity contribution in [3.8, 4) is 5.69 Å². The van der Waals surface area contributed by atoms with Crippen LogP contribution in [0, 0.1) is 5.41 Å². The molecule has 3 aromatic carbocycles. The third-order valence-electron chi connectivity index (χ3n) is 4.00. The van der Waals surface area contributed by atoms with Gasteiger partial charge in [-0.2, -0.15) is 0 Å². The van der Waals surface area contributed by atoms with Gasteiger partial charge in [-0.05, 0) is 24.3 Å². The zero-order valence-electron chi connectivity index (χ0n) is 12.0. The number of para-hydroxylation sites is 2. The smallest absolute Gasteiger partial charge is 0.122 e. The van der Waals surface area contributed by atoms with Gasteiger partial charge in [-0.15, -0.1) is 0 Å². The molecule has 0 amide bonds. The van der Waals surface area contributed by atoms with Crippen molar-refractivity contribution < 1.29 is 0 Å². The van der Waals surface area contributed by atoms with E-state index in [1.807, 2.05) is 36.4 Å². The lowest BCUT2D eigenvalue weighted by molar-refractivity contribution is 1.18. The number of rotatable bonds is 2. The van der Waals surface area contributed by atoms with Crippen LogP contribution in [0.1, 0.15) is 5.56 Å². The Bertz CT molecular complexity index is 958. The molecule has 0 aliphatic heterocycles. The largest absolute Gasteiger partial charge is 0.384 e. The van der Waals surface area contributed by atoms with E-state index in [0.717, 1.165) is 22.3 Å². The minimum Gasteiger partial charge on any atom is -0.384 e. The standard InChI is InChI=1S/C19H15N3/c20-19(21)13-6-5-7-14(12-13)22-17-10-3-1-8-15(17)16-9-2-4-11-18(16)22/h1-12H,(H3,20,21). The molecule has 1 aromatic heterocycles. The molecule has 22 heavy (non-hydrogen) atoms. The summed E-state index contributed by atoms with van der Waals surface area (Å²) < 4.78 is 2.22. The third-order valence-corrected chi connectivity index (χ3v) is 4.00. The van der Waals surface area contributed by atoms with E-state index in [1.54, 1.807) is 0 Å². The van der Waals surface area contributed by atoms with Crippen LogP contribution < -0.4 is 5.73 Å². The molecule has 0 aliphatic carbocycles. The number of hydrogen-bond donors (Lipinski definition) is 2. The highest BCUT2D eigenvalue weighted by Crippen LogP contribution is 2.31. The van der Waals surface area contributed by atoms with Crippen LogP contribution in [0.25, 0.3) is 27.5 Å². The van der Waals surface area contributed by atoms with E-state index in [9.17, 15) is 0 Å². The Morgan fingerprint density at radius 1 is 0.773 bits per heavy atom. The predicted octanol–water partition coefficient (Wildman–Crippen LogP) is 4.07. The number of benzene rings is 3. The molecule has 4 rings (SSSR count). The lowest BCUT2D eigenvalue weighted by atomic mass is 10.2. The Morgan fingerprint density at radius 2 is 1.36 bits per heavy atom. The maximum absolute atomic E-state index is 7.65. The normalized spacial score (nSPS) is 11.1. The lowest BCUT2D eigenvalue weighted by Gasteiger charge is -2.09. The summed E-state index contributed by atoms with van der Waals surface area (Å²) in [7, 11) is 0. The van der Waals surface area contributed by atoms with Gasteiger partial charge in [0.15, 0.2) is 0 Å². The van der Waals surface area contributed by atoms with E-state index < -0.39 is 0 Å². The van der Waals surface area contributed by atoms with Crippen molar-refractivity contribution in [2.45, 2.75) is 0 Å². The van der Waals surface area contributed by atoms with Crippen molar-refractivity contribution in [1.82, 2.24) is 4.57 Å². The molecule has 0 radical (unpaired) electrons. The second-order valence-electron chi connectivity index (χ2n) is 5.33. The van der Waals surface area contributed by atoms with Crippen LogP contribution in [0.5, 0.6) is 0 Å². The van der Waals surface area contributed by atoms with Crippen LogP contribution in [0.15, 0.2) is 72.8 Å². The highest BCUT2D eigenvalue weighted by Gasteiger charge is 2.11. The maximum Gasteiger partial charge on any atom is 0.122 e. The van der Waals surface area contributed by atoms with E-state index in [1.165, 1.54) is 10.8 Å². The first-order chi connectivity index (χ1) is 10.8. The van der Waals surface area contributed by atoms with E-state index in [-0.39, 0.29) is 5.84 Å². The Morgan fingerprint density at radius 3 is 1.95 bits per heavy atom. The maximum atomic E-state index is 7.65. The fraction of sp³-hybridized carbons (Fsp3) is 0. The van der Waals surface area contributed by atoms with E-state index in [2.05, 4.69) is 41.0 Å². The van der Waals surface area contributed by atoms with Crippen molar-refractivity contribution in [2.24, 2.45) is 5.73 Å². The van der Waals surface area contributed by atoms with Gasteiger partial charge in [-0.1, -0.05) is 48.5 Å². The van der Waals surface area contributed by atoms with Crippen molar-refractivity contribution in [3.05, 3.63) is 78.4 Å². The number of nitrogens with one attached hydrogen (secondary N) is 1. The van der Waals surface area contributed by atoms with Gasteiger partial charge in [-0.3, -0.25) is 5.41 Å². The van der Waals surface area contributed by atoms with Crippen molar-refractivity contribution >= 4 is 27.6 Å². The molecule has 0 saturated carbocycles. The van der Waals surface area contributed by atoms with Gasteiger partial charge in [-0.25, -0.2) is 0 Å². The molecule has 106 valence electrons. The number of amidine groups is 1.